The lowest BCUT2D eigenvalue weighted by Crippen LogP contribution is -2.17. The molecule has 0 bridgehead atoms. The third-order valence-electron chi connectivity index (χ3n) is 2.14. The maximum Gasteiger partial charge on any atom is 0.179 e. The molecule has 3 nitrogen and oxygen atoms in total. The van der Waals surface area contributed by atoms with Crippen LogP contribution in [0.15, 0.2) is 12.1 Å². The molecule has 0 aliphatic rings. The zero-order valence-corrected chi connectivity index (χ0v) is 11.9. The highest BCUT2D eigenvalue weighted by Crippen LogP contribution is 2.36. The van der Waals surface area contributed by atoms with Gasteiger partial charge in [-0.1, -0.05) is 11.6 Å². The number of benzene rings is 1. The number of ether oxygens (including phenoxy) is 2. The molecule has 1 atom stereocenters. The van der Waals surface area contributed by atoms with Crippen LogP contribution >= 0.6 is 24.0 Å². The fourth-order valence-electron chi connectivity index (χ4n) is 1.55. The maximum absolute atomic E-state index is 6.13. The lowest BCUT2D eigenvalue weighted by Gasteiger charge is -2.14. The molecule has 17 heavy (non-hydrogen) atoms. The van der Waals surface area contributed by atoms with E-state index in [-0.39, 0.29) is 18.4 Å². The van der Waals surface area contributed by atoms with Crippen molar-refractivity contribution < 1.29 is 9.47 Å². The second kappa shape index (κ2) is 7.64. The van der Waals surface area contributed by atoms with Crippen molar-refractivity contribution >= 4 is 24.0 Å². The van der Waals surface area contributed by atoms with Gasteiger partial charge in [-0.05, 0) is 38.0 Å². The van der Waals surface area contributed by atoms with E-state index in [2.05, 4.69) is 0 Å². The van der Waals surface area contributed by atoms with Crippen molar-refractivity contribution in [1.29, 1.82) is 0 Å². The summed E-state index contributed by atoms with van der Waals surface area (Å²) in [5.41, 5.74) is 6.80. The Hall–Kier alpha value is -0.640. The summed E-state index contributed by atoms with van der Waals surface area (Å²) in [6.07, 6.45) is 0.766. The highest BCUT2D eigenvalue weighted by atomic mass is 35.5. The monoisotopic (exact) mass is 279 g/mol. The van der Waals surface area contributed by atoms with Crippen molar-refractivity contribution in [3.05, 3.63) is 22.7 Å². The van der Waals surface area contributed by atoms with Crippen LogP contribution in [0.25, 0.3) is 0 Å². The smallest absolute Gasteiger partial charge is 0.179 e. The standard InChI is InChI=1S/C12H18ClNO2.ClH/c1-4-16-12-10(13)6-9(5-8(2)14)7-11(12)15-3;/h6-8H,4-5,14H2,1-3H3;1H. The predicted octanol–water partition coefficient (Wildman–Crippen LogP) is 3.06. The zero-order valence-electron chi connectivity index (χ0n) is 10.3. The van der Waals surface area contributed by atoms with E-state index < -0.39 is 0 Å². The zero-order chi connectivity index (χ0) is 12.1. The Morgan fingerprint density at radius 3 is 2.53 bits per heavy atom. The first-order chi connectivity index (χ1) is 7.58. The first-order valence-electron chi connectivity index (χ1n) is 5.33. The normalized spacial score (nSPS) is 11.6. The predicted molar refractivity (Wildman–Crippen MR) is 73.8 cm³/mol. The second-order valence-corrected chi connectivity index (χ2v) is 4.13. The van der Waals surface area contributed by atoms with Crippen molar-refractivity contribution in [2.75, 3.05) is 13.7 Å². The summed E-state index contributed by atoms with van der Waals surface area (Å²) in [5, 5.41) is 0.567. The summed E-state index contributed by atoms with van der Waals surface area (Å²) in [5.74, 6) is 1.25. The van der Waals surface area contributed by atoms with Crippen LogP contribution in [-0.4, -0.2) is 19.8 Å². The van der Waals surface area contributed by atoms with Gasteiger partial charge in [-0.3, -0.25) is 0 Å². The van der Waals surface area contributed by atoms with Gasteiger partial charge in [-0.2, -0.15) is 0 Å². The molecule has 0 aliphatic heterocycles. The molecule has 1 unspecified atom stereocenters. The molecule has 98 valence electrons. The van der Waals surface area contributed by atoms with Gasteiger partial charge in [-0.15, -0.1) is 12.4 Å². The largest absolute Gasteiger partial charge is 0.493 e. The number of halogens is 2. The van der Waals surface area contributed by atoms with Crippen LogP contribution in [0.3, 0.4) is 0 Å². The fourth-order valence-corrected chi connectivity index (χ4v) is 1.84. The average molecular weight is 280 g/mol. The van der Waals surface area contributed by atoms with Crippen molar-refractivity contribution in [3.63, 3.8) is 0 Å². The van der Waals surface area contributed by atoms with Gasteiger partial charge in [0.15, 0.2) is 11.5 Å². The Kier molecular flexibility index (Phi) is 7.35. The van der Waals surface area contributed by atoms with Gasteiger partial charge in [0.05, 0.1) is 18.7 Å². The van der Waals surface area contributed by atoms with E-state index in [0.717, 1.165) is 12.0 Å². The topological polar surface area (TPSA) is 44.5 Å². The maximum atomic E-state index is 6.13. The Labute approximate surface area is 114 Å². The molecular weight excluding hydrogens is 261 g/mol. The number of rotatable bonds is 5. The Morgan fingerprint density at radius 2 is 2.06 bits per heavy atom. The molecule has 1 aromatic carbocycles. The fraction of sp³-hybridized carbons (Fsp3) is 0.500. The lowest BCUT2D eigenvalue weighted by molar-refractivity contribution is 0.311. The molecule has 0 saturated heterocycles. The molecule has 0 spiro atoms. The summed E-state index contributed by atoms with van der Waals surface area (Å²) in [7, 11) is 1.60. The van der Waals surface area contributed by atoms with Crippen LogP contribution < -0.4 is 15.2 Å². The SMILES string of the molecule is CCOc1c(Cl)cc(CC(C)N)cc1OC.Cl. The van der Waals surface area contributed by atoms with E-state index in [1.54, 1.807) is 7.11 Å². The van der Waals surface area contributed by atoms with Crippen LogP contribution in [0.4, 0.5) is 0 Å². The quantitative estimate of drug-likeness (QED) is 0.901. The summed E-state index contributed by atoms with van der Waals surface area (Å²) >= 11 is 6.13. The molecule has 0 fully saturated rings. The average Bonchev–Trinajstić information content (AvgIpc) is 2.20. The second-order valence-electron chi connectivity index (χ2n) is 3.72. The number of nitrogens with two attached hydrogens (primary N) is 1. The minimum atomic E-state index is 0. The Bertz CT molecular complexity index is 357. The summed E-state index contributed by atoms with van der Waals surface area (Å²) in [4.78, 5) is 0. The van der Waals surface area contributed by atoms with Gasteiger partial charge in [-0.25, -0.2) is 0 Å². The van der Waals surface area contributed by atoms with E-state index in [0.29, 0.717) is 23.1 Å². The molecule has 5 heteroatoms. The molecule has 0 aromatic heterocycles. The summed E-state index contributed by atoms with van der Waals surface area (Å²) in [6, 6.07) is 3.89. The van der Waals surface area contributed by atoms with Gasteiger partial charge in [0.2, 0.25) is 0 Å². The van der Waals surface area contributed by atoms with Crippen LogP contribution in [0, 0.1) is 0 Å². The van der Waals surface area contributed by atoms with Crippen LogP contribution in [0.1, 0.15) is 19.4 Å². The van der Waals surface area contributed by atoms with Crippen molar-refractivity contribution in [2.24, 2.45) is 5.73 Å². The van der Waals surface area contributed by atoms with Crippen LogP contribution in [0.5, 0.6) is 11.5 Å². The van der Waals surface area contributed by atoms with E-state index in [4.69, 9.17) is 26.8 Å². The number of hydrogen-bond donors (Lipinski definition) is 1. The van der Waals surface area contributed by atoms with E-state index >= 15 is 0 Å². The Balaban J connectivity index is 0.00000256. The highest BCUT2D eigenvalue weighted by Gasteiger charge is 2.12. The minimum Gasteiger partial charge on any atom is -0.493 e. The van der Waals surface area contributed by atoms with Gasteiger partial charge in [0, 0.05) is 6.04 Å². The molecule has 2 N–H and O–H groups in total. The van der Waals surface area contributed by atoms with Gasteiger partial charge >= 0.3 is 0 Å². The molecule has 0 radical (unpaired) electrons. The Morgan fingerprint density at radius 1 is 1.41 bits per heavy atom. The highest BCUT2D eigenvalue weighted by molar-refractivity contribution is 6.32. The van der Waals surface area contributed by atoms with Crippen molar-refractivity contribution in [1.82, 2.24) is 0 Å². The van der Waals surface area contributed by atoms with Gasteiger partial charge in [0.1, 0.15) is 0 Å². The van der Waals surface area contributed by atoms with Crippen LogP contribution in [-0.2, 0) is 6.42 Å². The third-order valence-corrected chi connectivity index (χ3v) is 2.42. The van der Waals surface area contributed by atoms with E-state index in [1.807, 2.05) is 26.0 Å². The summed E-state index contributed by atoms with van der Waals surface area (Å²) in [6.45, 7) is 4.42. The molecule has 1 rings (SSSR count). The summed E-state index contributed by atoms with van der Waals surface area (Å²) < 4.78 is 10.7. The van der Waals surface area contributed by atoms with E-state index in [9.17, 15) is 0 Å². The third kappa shape index (κ3) is 4.62. The minimum absolute atomic E-state index is 0. The number of hydrogen-bond acceptors (Lipinski definition) is 3. The van der Waals surface area contributed by atoms with Crippen molar-refractivity contribution in [2.45, 2.75) is 26.3 Å². The first-order valence-corrected chi connectivity index (χ1v) is 5.71. The van der Waals surface area contributed by atoms with Crippen LogP contribution in [0.2, 0.25) is 5.02 Å². The number of methoxy groups -OCH3 is 1. The molecule has 1 aromatic rings. The van der Waals surface area contributed by atoms with E-state index in [1.165, 1.54) is 0 Å². The van der Waals surface area contributed by atoms with Gasteiger partial charge < -0.3 is 15.2 Å². The van der Waals surface area contributed by atoms with Gasteiger partial charge in [0.25, 0.3) is 0 Å². The molecule has 0 saturated carbocycles. The molecule has 0 heterocycles. The molecular formula is C12H19Cl2NO2. The molecule has 0 amide bonds. The molecule has 0 aliphatic carbocycles. The first kappa shape index (κ1) is 16.4. The van der Waals surface area contributed by atoms with Crippen molar-refractivity contribution in [3.8, 4) is 11.5 Å². The lowest BCUT2D eigenvalue weighted by atomic mass is 10.1.